The van der Waals surface area contributed by atoms with E-state index in [1.54, 1.807) is 13.0 Å². The monoisotopic (exact) mass is 405 g/mol. The Morgan fingerprint density at radius 2 is 1.86 bits per heavy atom. The van der Waals surface area contributed by atoms with Crippen molar-refractivity contribution >= 4 is 21.7 Å². The predicted molar refractivity (Wildman–Crippen MR) is 109 cm³/mol. The van der Waals surface area contributed by atoms with E-state index in [-0.39, 0.29) is 22.0 Å². The summed E-state index contributed by atoms with van der Waals surface area (Å²) in [7, 11) is -0.676. The molecule has 28 heavy (non-hydrogen) atoms. The summed E-state index contributed by atoms with van der Waals surface area (Å²) in [4.78, 5) is 16.5. The third-order valence-electron chi connectivity index (χ3n) is 4.15. The summed E-state index contributed by atoms with van der Waals surface area (Å²) in [6.45, 7) is 7.96. The second-order valence-electron chi connectivity index (χ2n) is 7.69. The first kappa shape index (κ1) is 21.8. The zero-order valence-corrected chi connectivity index (χ0v) is 17.9. The molecule has 0 aliphatic heterocycles. The number of sulfonamides is 1. The number of nitrogens with one attached hydrogen (secondary N) is 1. The Balaban J connectivity index is 2.05. The molecule has 0 spiro atoms. The first-order chi connectivity index (χ1) is 12.9. The van der Waals surface area contributed by atoms with Crippen molar-refractivity contribution in [3.8, 4) is 5.75 Å². The fraction of sp³-hybridized carbons (Fsp3) is 0.400. The van der Waals surface area contributed by atoms with Crippen LogP contribution in [0.15, 0.2) is 47.5 Å². The molecule has 0 aliphatic carbocycles. The summed E-state index contributed by atoms with van der Waals surface area (Å²) >= 11 is 0. The van der Waals surface area contributed by atoms with Crippen LogP contribution in [-0.4, -0.2) is 43.8 Å². The molecule has 0 saturated carbocycles. The van der Waals surface area contributed by atoms with Crippen LogP contribution in [-0.2, 0) is 20.2 Å². The van der Waals surface area contributed by atoms with E-state index in [0.29, 0.717) is 5.75 Å². The standard InChI is InChI=1S/C20H27N3O4S/c1-14(27-16-9-7-8-15(12-16)20(2,3)4)19(24)22-18-11-10-17(13-21-18)28(25,26)23(5)6/h7-14H,1-6H3,(H,21,22,24)/t14-/m1/s1. The van der Waals surface area contributed by atoms with Crippen molar-refractivity contribution in [1.82, 2.24) is 9.29 Å². The highest BCUT2D eigenvalue weighted by atomic mass is 32.2. The highest BCUT2D eigenvalue weighted by molar-refractivity contribution is 7.89. The first-order valence-electron chi connectivity index (χ1n) is 8.88. The van der Waals surface area contributed by atoms with Crippen LogP contribution in [0.2, 0.25) is 0 Å². The van der Waals surface area contributed by atoms with E-state index in [9.17, 15) is 13.2 Å². The Bertz CT molecular complexity index is 933. The molecule has 2 rings (SSSR count). The number of hydrogen-bond donors (Lipinski definition) is 1. The summed E-state index contributed by atoms with van der Waals surface area (Å²) in [6.07, 6.45) is 0.464. The van der Waals surface area contributed by atoms with Gasteiger partial charge >= 0.3 is 0 Å². The van der Waals surface area contributed by atoms with Crippen molar-refractivity contribution < 1.29 is 17.9 Å². The minimum Gasteiger partial charge on any atom is -0.481 e. The molecule has 2 aromatic rings. The van der Waals surface area contributed by atoms with Crippen molar-refractivity contribution in [2.24, 2.45) is 0 Å². The molecular formula is C20H27N3O4S. The number of carbonyl (C=O) groups excluding carboxylic acids is 1. The van der Waals surface area contributed by atoms with Crippen LogP contribution in [0, 0.1) is 0 Å². The van der Waals surface area contributed by atoms with Crippen molar-refractivity contribution in [3.05, 3.63) is 48.2 Å². The second kappa shape index (κ2) is 8.28. The molecule has 0 saturated heterocycles. The van der Waals surface area contributed by atoms with Crippen molar-refractivity contribution in [3.63, 3.8) is 0 Å². The zero-order valence-electron chi connectivity index (χ0n) is 17.1. The van der Waals surface area contributed by atoms with E-state index in [4.69, 9.17) is 4.74 Å². The fourth-order valence-electron chi connectivity index (χ4n) is 2.34. The van der Waals surface area contributed by atoms with Gasteiger partial charge in [-0.15, -0.1) is 0 Å². The lowest BCUT2D eigenvalue weighted by Gasteiger charge is -2.21. The summed E-state index contributed by atoms with van der Waals surface area (Å²) in [5, 5.41) is 2.63. The lowest BCUT2D eigenvalue weighted by Crippen LogP contribution is -2.30. The maximum atomic E-state index is 12.4. The molecule has 1 aromatic heterocycles. The molecule has 1 atom stereocenters. The molecule has 8 heteroatoms. The van der Waals surface area contributed by atoms with Gasteiger partial charge in [0.15, 0.2) is 6.10 Å². The second-order valence-corrected chi connectivity index (χ2v) is 9.85. The number of hydrogen-bond acceptors (Lipinski definition) is 5. The fourth-order valence-corrected chi connectivity index (χ4v) is 3.19. The number of nitrogens with zero attached hydrogens (tertiary/aromatic N) is 2. The number of ether oxygens (including phenoxy) is 1. The van der Waals surface area contributed by atoms with Gasteiger partial charge in [-0.25, -0.2) is 17.7 Å². The first-order valence-corrected chi connectivity index (χ1v) is 10.3. The predicted octanol–water partition coefficient (Wildman–Crippen LogP) is 3.04. The maximum Gasteiger partial charge on any atom is 0.266 e. The third-order valence-corrected chi connectivity index (χ3v) is 5.95. The molecule has 0 aliphatic rings. The number of amides is 1. The van der Waals surface area contributed by atoms with Crippen LogP contribution >= 0.6 is 0 Å². The van der Waals surface area contributed by atoms with E-state index in [1.807, 2.05) is 18.2 Å². The van der Waals surface area contributed by atoms with Gasteiger partial charge < -0.3 is 10.1 Å². The molecule has 0 bridgehead atoms. The van der Waals surface area contributed by atoms with Gasteiger partial charge in [0.2, 0.25) is 10.0 Å². The Morgan fingerprint density at radius 3 is 2.39 bits per heavy atom. The van der Waals surface area contributed by atoms with Gasteiger partial charge in [0, 0.05) is 20.3 Å². The van der Waals surface area contributed by atoms with Crippen LogP contribution in [0.3, 0.4) is 0 Å². The Morgan fingerprint density at radius 1 is 1.18 bits per heavy atom. The number of benzene rings is 1. The smallest absolute Gasteiger partial charge is 0.266 e. The van der Waals surface area contributed by atoms with Crippen LogP contribution < -0.4 is 10.1 Å². The quantitative estimate of drug-likeness (QED) is 0.798. The van der Waals surface area contributed by atoms with Gasteiger partial charge in [-0.05, 0) is 42.2 Å². The van der Waals surface area contributed by atoms with Crippen LogP contribution in [0.4, 0.5) is 5.82 Å². The lowest BCUT2D eigenvalue weighted by atomic mass is 9.87. The third kappa shape index (κ3) is 5.30. The van der Waals surface area contributed by atoms with Gasteiger partial charge in [0.05, 0.1) is 0 Å². The average molecular weight is 406 g/mol. The summed E-state index contributed by atoms with van der Waals surface area (Å²) < 4.78 is 31.0. The number of carbonyl (C=O) groups is 1. The van der Waals surface area contributed by atoms with Gasteiger partial charge in [-0.2, -0.15) is 0 Å². The van der Waals surface area contributed by atoms with Crippen LogP contribution in [0.25, 0.3) is 0 Å². The number of pyridine rings is 1. The summed E-state index contributed by atoms with van der Waals surface area (Å²) in [5.74, 6) is 0.480. The highest BCUT2D eigenvalue weighted by Gasteiger charge is 2.20. The number of rotatable bonds is 6. The topological polar surface area (TPSA) is 88.6 Å². The molecule has 0 unspecified atom stereocenters. The average Bonchev–Trinajstić information content (AvgIpc) is 2.61. The number of aromatic nitrogens is 1. The van der Waals surface area contributed by atoms with Gasteiger partial charge in [0.1, 0.15) is 16.5 Å². The lowest BCUT2D eigenvalue weighted by molar-refractivity contribution is -0.122. The van der Waals surface area contributed by atoms with Crippen LogP contribution in [0.1, 0.15) is 33.3 Å². The van der Waals surface area contributed by atoms with Gasteiger partial charge in [0.25, 0.3) is 5.91 Å². The Kier molecular flexibility index (Phi) is 6.46. The number of anilines is 1. The van der Waals surface area contributed by atoms with E-state index >= 15 is 0 Å². The SMILES string of the molecule is C[C@@H](Oc1cccc(C(C)(C)C)c1)C(=O)Nc1ccc(S(=O)(=O)N(C)C)cn1. The van der Waals surface area contributed by atoms with E-state index < -0.39 is 16.1 Å². The Labute approximate surface area is 166 Å². The highest BCUT2D eigenvalue weighted by Crippen LogP contribution is 2.26. The molecular weight excluding hydrogens is 378 g/mol. The van der Waals surface area contributed by atoms with Crippen molar-refractivity contribution in [2.45, 2.75) is 44.1 Å². The summed E-state index contributed by atoms with van der Waals surface area (Å²) in [5.41, 5.74) is 1.08. The normalized spacial score (nSPS) is 13.2. The van der Waals surface area contributed by atoms with E-state index in [0.717, 1.165) is 9.87 Å². The minimum absolute atomic E-state index is 0.0244. The zero-order chi connectivity index (χ0) is 21.1. The summed E-state index contributed by atoms with van der Waals surface area (Å²) in [6, 6.07) is 10.5. The Hall–Kier alpha value is -2.45. The molecule has 1 amide bonds. The van der Waals surface area contributed by atoms with Gasteiger partial charge in [-0.1, -0.05) is 32.9 Å². The van der Waals surface area contributed by atoms with E-state index in [1.165, 1.54) is 32.4 Å². The molecule has 1 aromatic carbocycles. The molecule has 0 radical (unpaired) electrons. The molecule has 1 N–H and O–H groups in total. The molecule has 0 fully saturated rings. The molecule has 7 nitrogen and oxygen atoms in total. The largest absolute Gasteiger partial charge is 0.481 e. The van der Waals surface area contributed by atoms with Gasteiger partial charge in [-0.3, -0.25) is 4.79 Å². The van der Waals surface area contributed by atoms with Crippen molar-refractivity contribution in [1.29, 1.82) is 0 Å². The van der Waals surface area contributed by atoms with E-state index in [2.05, 4.69) is 31.1 Å². The minimum atomic E-state index is -3.56. The van der Waals surface area contributed by atoms with Crippen LogP contribution in [0.5, 0.6) is 5.75 Å². The maximum absolute atomic E-state index is 12.4. The van der Waals surface area contributed by atoms with Crippen molar-refractivity contribution in [2.75, 3.05) is 19.4 Å². The molecule has 152 valence electrons. The molecule has 1 heterocycles.